The van der Waals surface area contributed by atoms with Crippen LogP contribution in [-0.2, 0) is 9.84 Å². The molecule has 0 amide bonds. The van der Waals surface area contributed by atoms with Gasteiger partial charge in [-0.05, 0) is 49.4 Å². The molecule has 6 nitrogen and oxygen atoms in total. The van der Waals surface area contributed by atoms with Crippen LogP contribution in [-0.4, -0.2) is 31.5 Å². The fourth-order valence-corrected chi connectivity index (χ4v) is 2.51. The lowest BCUT2D eigenvalue weighted by atomic mass is 10.1. The molecule has 0 fully saturated rings. The summed E-state index contributed by atoms with van der Waals surface area (Å²) in [5, 5.41) is 9.07. The molecule has 0 spiro atoms. The van der Waals surface area contributed by atoms with Crippen LogP contribution in [0.1, 0.15) is 27.6 Å². The highest BCUT2D eigenvalue weighted by Gasteiger charge is 2.12. The molecule has 0 heterocycles. The number of carboxylic acid groups (broad SMARTS) is 1. The Kier molecular flexibility index (Phi) is 4.51. The van der Waals surface area contributed by atoms with Crippen molar-refractivity contribution in [3.05, 3.63) is 53.6 Å². The topological polar surface area (TPSA) is 97.7 Å². The van der Waals surface area contributed by atoms with E-state index in [-0.39, 0.29) is 27.6 Å². The van der Waals surface area contributed by atoms with Gasteiger partial charge in [0.25, 0.3) is 0 Å². The molecule has 0 aliphatic heterocycles. The number of carbonyl (C=O) groups excluding carboxylic acids is 1. The van der Waals surface area contributed by atoms with Gasteiger partial charge in [-0.15, -0.1) is 0 Å². The predicted molar refractivity (Wildman–Crippen MR) is 83.0 cm³/mol. The van der Waals surface area contributed by atoms with Crippen LogP contribution in [0.2, 0.25) is 0 Å². The van der Waals surface area contributed by atoms with E-state index in [1.807, 2.05) is 0 Å². The Morgan fingerprint density at radius 1 is 0.957 bits per heavy atom. The summed E-state index contributed by atoms with van der Waals surface area (Å²) in [5.74, 6) is -0.951. The van der Waals surface area contributed by atoms with E-state index < -0.39 is 15.8 Å². The Balaban J connectivity index is 2.36. The molecule has 0 saturated heterocycles. The van der Waals surface area contributed by atoms with Crippen LogP contribution in [0.25, 0.3) is 0 Å². The van der Waals surface area contributed by atoms with Crippen molar-refractivity contribution in [2.24, 2.45) is 0 Å². The van der Waals surface area contributed by atoms with Crippen LogP contribution in [0.15, 0.2) is 47.4 Å². The smallest absolute Gasteiger partial charge is 0.335 e. The van der Waals surface area contributed by atoms with E-state index in [0.29, 0.717) is 5.75 Å². The minimum Gasteiger partial charge on any atom is -0.478 e. The molecule has 0 saturated carbocycles. The first kappa shape index (κ1) is 16.7. The van der Waals surface area contributed by atoms with Gasteiger partial charge in [0.05, 0.1) is 10.5 Å². The van der Waals surface area contributed by atoms with Gasteiger partial charge in [-0.1, -0.05) is 0 Å². The third-order valence-electron chi connectivity index (χ3n) is 3.05. The van der Waals surface area contributed by atoms with Gasteiger partial charge in [0, 0.05) is 11.8 Å². The highest BCUT2D eigenvalue weighted by atomic mass is 32.2. The Hall–Kier alpha value is -2.67. The number of hydrogen-bond donors (Lipinski definition) is 1. The second-order valence-corrected chi connectivity index (χ2v) is 6.97. The predicted octanol–water partition coefficient (Wildman–Crippen LogP) is 2.78. The van der Waals surface area contributed by atoms with E-state index in [9.17, 15) is 18.0 Å². The molecule has 0 aromatic heterocycles. The summed E-state index contributed by atoms with van der Waals surface area (Å²) in [4.78, 5) is 22.7. The molecule has 0 radical (unpaired) electrons. The SMILES string of the molecule is CC(=O)c1cc(Oc2ccc(S(C)(=O)=O)cc2)cc(C(=O)O)c1. The lowest BCUT2D eigenvalue weighted by molar-refractivity contribution is 0.0696. The molecule has 2 aromatic rings. The van der Waals surface area contributed by atoms with Crippen molar-refractivity contribution in [2.45, 2.75) is 11.8 Å². The zero-order valence-corrected chi connectivity index (χ0v) is 13.3. The Bertz CT molecular complexity index is 834. The van der Waals surface area contributed by atoms with Crippen molar-refractivity contribution in [2.75, 3.05) is 6.26 Å². The summed E-state index contributed by atoms with van der Waals surface area (Å²) >= 11 is 0. The van der Waals surface area contributed by atoms with Gasteiger partial charge in [-0.3, -0.25) is 4.79 Å². The quantitative estimate of drug-likeness (QED) is 0.844. The molecule has 2 aromatic carbocycles. The van der Waals surface area contributed by atoms with E-state index in [4.69, 9.17) is 9.84 Å². The Morgan fingerprint density at radius 2 is 1.52 bits per heavy atom. The van der Waals surface area contributed by atoms with Gasteiger partial charge >= 0.3 is 5.97 Å². The molecule has 0 atom stereocenters. The fraction of sp³-hybridized carbons (Fsp3) is 0.125. The Morgan fingerprint density at radius 3 is 2.00 bits per heavy atom. The third kappa shape index (κ3) is 4.17. The average Bonchev–Trinajstić information content (AvgIpc) is 2.46. The summed E-state index contributed by atoms with van der Waals surface area (Å²) in [6.07, 6.45) is 1.10. The summed E-state index contributed by atoms with van der Waals surface area (Å²) in [7, 11) is -3.31. The molecule has 120 valence electrons. The van der Waals surface area contributed by atoms with Gasteiger partial charge in [-0.2, -0.15) is 0 Å². The first-order chi connectivity index (χ1) is 10.7. The number of aromatic carboxylic acids is 1. The van der Waals surface area contributed by atoms with Crippen LogP contribution in [0.5, 0.6) is 11.5 Å². The van der Waals surface area contributed by atoms with Crippen molar-refractivity contribution in [3.8, 4) is 11.5 Å². The molecule has 23 heavy (non-hydrogen) atoms. The summed E-state index contributed by atoms with van der Waals surface area (Å²) < 4.78 is 28.3. The van der Waals surface area contributed by atoms with Gasteiger partial charge in [0.15, 0.2) is 15.6 Å². The van der Waals surface area contributed by atoms with Crippen molar-refractivity contribution >= 4 is 21.6 Å². The monoisotopic (exact) mass is 334 g/mol. The van der Waals surface area contributed by atoms with Crippen molar-refractivity contribution in [1.82, 2.24) is 0 Å². The maximum atomic E-state index is 11.5. The molecular weight excluding hydrogens is 320 g/mol. The first-order valence-electron chi connectivity index (χ1n) is 6.54. The zero-order valence-electron chi connectivity index (χ0n) is 12.4. The summed E-state index contributed by atoms with van der Waals surface area (Å²) in [6.45, 7) is 1.33. The number of hydrogen-bond acceptors (Lipinski definition) is 5. The van der Waals surface area contributed by atoms with Gasteiger partial charge < -0.3 is 9.84 Å². The van der Waals surface area contributed by atoms with Crippen molar-refractivity contribution in [3.63, 3.8) is 0 Å². The molecule has 2 rings (SSSR count). The second-order valence-electron chi connectivity index (χ2n) is 4.95. The molecular formula is C16H14O6S. The molecule has 7 heteroatoms. The van der Waals surface area contributed by atoms with Crippen molar-refractivity contribution in [1.29, 1.82) is 0 Å². The lowest BCUT2D eigenvalue weighted by Crippen LogP contribution is -2.01. The standard InChI is InChI=1S/C16H14O6S/c1-10(17)11-7-12(16(18)19)9-14(8-11)22-13-3-5-15(6-4-13)23(2,20)21/h3-9H,1-2H3,(H,18,19). The number of ether oxygens (including phenoxy) is 1. The minimum absolute atomic E-state index is 0.0690. The van der Waals surface area contributed by atoms with Crippen LogP contribution < -0.4 is 4.74 Å². The molecule has 0 aliphatic rings. The molecule has 0 unspecified atom stereocenters. The number of Topliss-reactive ketones (excluding diaryl/α,β-unsaturated/α-hetero) is 1. The first-order valence-corrected chi connectivity index (χ1v) is 8.43. The second kappa shape index (κ2) is 6.21. The number of sulfone groups is 1. The largest absolute Gasteiger partial charge is 0.478 e. The highest BCUT2D eigenvalue weighted by molar-refractivity contribution is 7.90. The average molecular weight is 334 g/mol. The number of carboxylic acids is 1. The minimum atomic E-state index is -3.31. The summed E-state index contributed by atoms with van der Waals surface area (Å²) in [6, 6.07) is 9.67. The van der Waals surface area contributed by atoms with Gasteiger partial charge in [0.2, 0.25) is 0 Å². The van der Waals surface area contributed by atoms with E-state index in [0.717, 1.165) is 6.26 Å². The number of ketones is 1. The maximum Gasteiger partial charge on any atom is 0.335 e. The van der Waals surface area contributed by atoms with Crippen LogP contribution in [0, 0.1) is 0 Å². The fourth-order valence-electron chi connectivity index (χ4n) is 1.88. The van der Waals surface area contributed by atoms with Crippen LogP contribution in [0.3, 0.4) is 0 Å². The maximum absolute atomic E-state index is 11.5. The zero-order chi connectivity index (χ0) is 17.2. The number of carbonyl (C=O) groups is 2. The highest BCUT2D eigenvalue weighted by Crippen LogP contribution is 2.25. The van der Waals surface area contributed by atoms with Crippen LogP contribution in [0.4, 0.5) is 0 Å². The number of benzene rings is 2. The number of rotatable bonds is 5. The molecule has 0 aliphatic carbocycles. The van der Waals surface area contributed by atoms with Gasteiger partial charge in [-0.25, -0.2) is 13.2 Å². The van der Waals surface area contributed by atoms with Crippen LogP contribution >= 0.6 is 0 Å². The molecule has 0 bridgehead atoms. The van der Waals surface area contributed by atoms with E-state index in [1.54, 1.807) is 0 Å². The van der Waals surface area contributed by atoms with Crippen molar-refractivity contribution < 1.29 is 27.9 Å². The van der Waals surface area contributed by atoms with E-state index in [2.05, 4.69) is 0 Å². The lowest BCUT2D eigenvalue weighted by Gasteiger charge is -2.09. The summed E-state index contributed by atoms with van der Waals surface area (Å²) in [5.41, 5.74) is 0.146. The third-order valence-corrected chi connectivity index (χ3v) is 4.18. The van der Waals surface area contributed by atoms with E-state index >= 15 is 0 Å². The Labute approximate surface area is 133 Å². The normalized spacial score (nSPS) is 11.0. The van der Waals surface area contributed by atoms with E-state index in [1.165, 1.54) is 49.4 Å². The van der Waals surface area contributed by atoms with Gasteiger partial charge in [0.1, 0.15) is 11.5 Å². The molecule has 1 N–H and O–H groups in total.